The number of benzene rings is 1. The molecule has 3 atom stereocenters. The Kier molecular flexibility index (Phi) is 3.83. The fourth-order valence-electron chi connectivity index (χ4n) is 4.83. The van der Waals surface area contributed by atoms with Gasteiger partial charge in [-0.1, -0.05) is 20.8 Å². The summed E-state index contributed by atoms with van der Waals surface area (Å²) in [6.07, 6.45) is 5.56. The Hall–Kier alpha value is -2.77. The first kappa shape index (κ1) is 17.6. The first-order chi connectivity index (χ1) is 12.7. The molecule has 0 saturated heterocycles. The number of carbonyl (C=O) groups excluding carboxylic acids is 1. The maximum absolute atomic E-state index is 12.7. The van der Waals surface area contributed by atoms with Gasteiger partial charge in [-0.2, -0.15) is 5.10 Å². The zero-order chi connectivity index (χ0) is 19.4. The molecule has 1 heterocycles. The molecule has 2 saturated carbocycles. The number of nitrogens with zero attached hydrogens (tertiary/aromatic N) is 4. The molecule has 2 aromatic rings. The third kappa shape index (κ3) is 2.54. The summed E-state index contributed by atoms with van der Waals surface area (Å²) in [5.74, 6) is 0.0298. The smallest absolute Gasteiger partial charge is 0.338 e. The monoisotopic (exact) mass is 370 g/mol. The summed E-state index contributed by atoms with van der Waals surface area (Å²) in [6, 6.07) is 4.28. The third-order valence-corrected chi connectivity index (χ3v) is 7.04. The standard InChI is InChI=1S/C19H22N4O4/c1-18(2)13-6-7-19(18,3)16(9-13)27-17(24)12-4-5-14(15(8-12)23(25)26)22-11-20-10-21-22/h4-5,8,10-11,13,16H,6-7,9H2,1-3H3. The zero-order valence-corrected chi connectivity index (χ0v) is 15.6. The molecule has 2 aliphatic rings. The first-order valence-electron chi connectivity index (χ1n) is 9.08. The molecule has 0 N–H and O–H groups in total. The minimum Gasteiger partial charge on any atom is -0.458 e. The van der Waals surface area contributed by atoms with Crippen molar-refractivity contribution in [2.24, 2.45) is 16.7 Å². The second-order valence-electron chi connectivity index (χ2n) is 8.31. The predicted octanol–water partition coefficient (Wildman–Crippen LogP) is 3.55. The fourth-order valence-corrected chi connectivity index (χ4v) is 4.83. The van der Waals surface area contributed by atoms with E-state index in [9.17, 15) is 14.9 Å². The summed E-state index contributed by atoms with van der Waals surface area (Å²) >= 11 is 0. The molecule has 0 amide bonds. The number of carbonyl (C=O) groups is 1. The van der Waals surface area contributed by atoms with Crippen LogP contribution in [0.1, 0.15) is 50.4 Å². The van der Waals surface area contributed by atoms with E-state index < -0.39 is 10.9 Å². The lowest BCUT2D eigenvalue weighted by Crippen LogP contribution is -2.38. The molecule has 3 unspecified atom stereocenters. The quantitative estimate of drug-likeness (QED) is 0.463. The van der Waals surface area contributed by atoms with Gasteiger partial charge >= 0.3 is 5.97 Å². The van der Waals surface area contributed by atoms with Gasteiger partial charge in [-0.3, -0.25) is 10.1 Å². The van der Waals surface area contributed by atoms with Crippen LogP contribution in [0.5, 0.6) is 0 Å². The van der Waals surface area contributed by atoms with Gasteiger partial charge < -0.3 is 4.74 Å². The normalized spacial score (nSPS) is 28.3. The molecule has 2 aliphatic carbocycles. The van der Waals surface area contributed by atoms with Crippen LogP contribution in [-0.2, 0) is 4.74 Å². The van der Waals surface area contributed by atoms with E-state index in [1.54, 1.807) is 0 Å². The highest BCUT2D eigenvalue weighted by atomic mass is 16.6. The van der Waals surface area contributed by atoms with Crippen LogP contribution >= 0.6 is 0 Å². The van der Waals surface area contributed by atoms with Crippen molar-refractivity contribution < 1.29 is 14.5 Å². The number of esters is 1. The number of aromatic nitrogens is 3. The molecule has 8 heteroatoms. The Labute approximate surface area is 156 Å². The Morgan fingerprint density at radius 2 is 2.15 bits per heavy atom. The molecule has 0 aliphatic heterocycles. The number of nitro groups is 1. The Morgan fingerprint density at radius 1 is 1.37 bits per heavy atom. The molecule has 1 aromatic carbocycles. The first-order valence-corrected chi connectivity index (χ1v) is 9.08. The van der Waals surface area contributed by atoms with Gasteiger partial charge in [-0.05, 0) is 42.7 Å². The number of hydrogen-bond donors (Lipinski definition) is 0. The molecule has 142 valence electrons. The Morgan fingerprint density at radius 3 is 2.70 bits per heavy atom. The van der Waals surface area contributed by atoms with Crippen LogP contribution in [-0.4, -0.2) is 31.8 Å². The van der Waals surface area contributed by atoms with Crippen molar-refractivity contribution in [2.75, 3.05) is 0 Å². The van der Waals surface area contributed by atoms with Crippen molar-refractivity contribution in [1.82, 2.24) is 14.8 Å². The van der Waals surface area contributed by atoms with E-state index in [2.05, 4.69) is 30.9 Å². The number of ether oxygens (including phenoxy) is 1. The molecule has 8 nitrogen and oxygen atoms in total. The minimum atomic E-state index is -0.532. The van der Waals surface area contributed by atoms with Crippen LogP contribution < -0.4 is 0 Å². The van der Waals surface area contributed by atoms with Gasteiger partial charge in [0.15, 0.2) is 0 Å². The van der Waals surface area contributed by atoms with Crippen LogP contribution in [0.15, 0.2) is 30.9 Å². The molecule has 4 rings (SSSR count). The van der Waals surface area contributed by atoms with Gasteiger partial charge in [-0.25, -0.2) is 14.5 Å². The fraction of sp³-hybridized carbons (Fsp3) is 0.526. The molecule has 27 heavy (non-hydrogen) atoms. The highest BCUT2D eigenvalue weighted by Gasteiger charge is 2.62. The highest BCUT2D eigenvalue weighted by molar-refractivity contribution is 5.91. The number of rotatable bonds is 4. The van der Waals surface area contributed by atoms with Crippen molar-refractivity contribution in [3.63, 3.8) is 0 Å². The van der Waals surface area contributed by atoms with Crippen molar-refractivity contribution in [2.45, 2.75) is 46.1 Å². The topological polar surface area (TPSA) is 100 Å². The molecular weight excluding hydrogens is 348 g/mol. The summed E-state index contributed by atoms with van der Waals surface area (Å²) in [7, 11) is 0. The summed E-state index contributed by atoms with van der Waals surface area (Å²) < 4.78 is 7.14. The summed E-state index contributed by atoms with van der Waals surface area (Å²) in [6.45, 7) is 6.68. The van der Waals surface area contributed by atoms with Crippen molar-refractivity contribution in [3.8, 4) is 5.69 Å². The number of hydrogen-bond acceptors (Lipinski definition) is 6. The summed E-state index contributed by atoms with van der Waals surface area (Å²) in [4.78, 5) is 27.5. The van der Waals surface area contributed by atoms with Crippen molar-refractivity contribution in [1.29, 1.82) is 0 Å². The number of fused-ring (bicyclic) bond motifs is 2. The lowest BCUT2D eigenvalue weighted by molar-refractivity contribution is -0.384. The van der Waals surface area contributed by atoms with E-state index in [-0.39, 0.29) is 33.9 Å². The van der Waals surface area contributed by atoms with Gasteiger partial charge in [0, 0.05) is 11.5 Å². The largest absolute Gasteiger partial charge is 0.458 e. The van der Waals surface area contributed by atoms with E-state index in [0.29, 0.717) is 5.92 Å². The second kappa shape index (κ2) is 5.87. The maximum Gasteiger partial charge on any atom is 0.338 e. The predicted molar refractivity (Wildman–Crippen MR) is 96.4 cm³/mol. The second-order valence-corrected chi connectivity index (χ2v) is 8.31. The lowest BCUT2D eigenvalue weighted by atomic mass is 9.70. The number of nitro benzene ring substituents is 1. The summed E-state index contributed by atoms with van der Waals surface area (Å²) in [5.41, 5.74) is 0.284. The van der Waals surface area contributed by atoms with Gasteiger partial charge in [0.1, 0.15) is 24.4 Å². The van der Waals surface area contributed by atoms with Crippen LogP contribution in [0, 0.1) is 26.9 Å². The average Bonchev–Trinajstić information content (AvgIpc) is 3.28. The van der Waals surface area contributed by atoms with Crippen molar-refractivity contribution in [3.05, 3.63) is 46.5 Å². The molecule has 2 fully saturated rings. The zero-order valence-electron chi connectivity index (χ0n) is 15.6. The molecule has 1 aromatic heterocycles. The van der Waals surface area contributed by atoms with Gasteiger partial charge in [0.2, 0.25) is 0 Å². The molecule has 0 spiro atoms. The molecule has 2 bridgehead atoms. The average molecular weight is 370 g/mol. The molecule has 0 radical (unpaired) electrons. The SMILES string of the molecule is CC1(C)C2CCC1(C)C(OC(=O)c1ccc(-n3cncn3)c([N+](=O)[O-])c1)C2. The van der Waals surface area contributed by atoms with Crippen LogP contribution in [0.2, 0.25) is 0 Å². The van der Waals surface area contributed by atoms with E-state index in [4.69, 9.17) is 4.74 Å². The van der Waals surface area contributed by atoms with Crippen LogP contribution in [0.3, 0.4) is 0 Å². The summed E-state index contributed by atoms with van der Waals surface area (Å²) in [5, 5.41) is 15.4. The minimum absolute atomic E-state index is 0.0556. The van der Waals surface area contributed by atoms with E-state index in [1.165, 1.54) is 35.5 Å². The van der Waals surface area contributed by atoms with E-state index >= 15 is 0 Å². The Balaban J connectivity index is 1.60. The lowest BCUT2D eigenvalue weighted by Gasteiger charge is -2.38. The highest BCUT2D eigenvalue weighted by Crippen LogP contribution is 2.66. The van der Waals surface area contributed by atoms with Crippen LogP contribution in [0.4, 0.5) is 5.69 Å². The van der Waals surface area contributed by atoms with Gasteiger partial charge in [-0.15, -0.1) is 0 Å². The Bertz CT molecular complexity index is 908. The van der Waals surface area contributed by atoms with Gasteiger partial charge in [0.25, 0.3) is 5.69 Å². The van der Waals surface area contributed by atoms with Gasteiger partial charge in [0.05, 0.1) is 10.5 Å². The van der Waals surface area contributed by atoms with E-state index in [0.717, 1.165) is 19.3 Å². The van der Waals surface area contributed by atoms with Crippen molar-refractivity contribution >= 4 is 11.7 Å². The van der Waals surface area contributed by atoms with Crippen LogP contribution in [0.25, 0.3) is 5.69 Å². The third-order valence-electron chi connectivity index (χ3n) is 7.04. The van der Waals surface area contributed by atoms with E-state index in [1.807, 2.05) is 0 Å². The maximum atomic E-state index is 12.7. The molecular formula is C19H22N4O4.